The van der Waals surface area contributed by atoms with Crippen LogP contribution in [0.3, 0.4) is 0 Å². The van der Waals surface area contributed by atoms with Crippen LogP contribution in [0.4, 0.5) is 0 Å². The summed E-state index contributed by atoms with van der Waals surface area (Å²) in [5.74, 6) is 0.655. The van der Waals surface area contributed by atoms with Crippen LogP contribution >= 0.6 is 0 Å². The largest absolute Gasteiger partial charge is 0.274 e. The van der Waals surface area contributed by atoms with Gasteiger partial charge in [-0.25, -0.2) is 12.7 Å². The predicted octanol–water partition coefficient (Wildman–Crippen LogP) is 3.35. The molecule has 2 saturated carbocycles. The molecule has 1 unspecified atom stereocenters. The minimum atomic E-state index is -3.47. The third-order valence-electron chi connectivity index (χ3n) is 7.08. The lowest BCUT2D eigenvalue weighted by Gasteiger charge is -2.37. The van der Waals surface area contributed by atoms with Gasteiger partial charge in [0.25, 0.3) is 0 Å². The molecule has 0 aromatic rings. The molecule has 1 aliphatic heterocycles. The maximum absolute atomic E-state index is 12.8. The topological polar surface area (TPSA) is 54.5 Å². The van der Waals surface area contributed by atoms with Gasteiger partial charge < -0.3 is 0 Å². The highest BCUT2D eigenvalue weighted by molar-refractivity contribution is 7.90. The Morgan fingerprint density at radius 2 is 2.09 bits per heavy atom. The average molecular weight is 340 g/mol. The van der Waals surface area contributed by atoms with Crippen LogP contribution in [0, 0.1) is 22.7 Å². The van der Waals surface area contributed by atoms with Crippen molar-refractivity contribution >= 4 is 15.9 Å². The maximum Gasteiger partial charge on any atom is 0.238 e. The van der Waals surface area contributed by atoms with Gasteiger partial charge in [0.15, 0.2) is 0 Å². The number of rotatable bonds is 4. The van der Waals surface area contributed by atoms with Gasteiger partial charge in [-0.2, -0.15) is 0 Å². The van der Waals surface area contributed by atoms with E-state index in [9.17, 15) is 13.2 Å². The normalized spacial score (nSPS) is 38.2. The first kappa shape index (κ1) is 17.0. The first-order valence-corrected chi connectivity index (χ1v) is 10.5. The van der Waals surface area contributed by atoms with Crippen molar-refractivity contribution in [2.75, 3.05) is 5.75 Å². The summed E-state index contributed by atoms with van der Waals surface area (Å²) < 4.78 is 26.9. The first-order chi connectivity index (χ1) is 10.7. The second-order valence-corrected chi connectivity index (χ2v) is 10.1. The van der Waals surface area contributed by atoms with Crippen molar-refractivity contribution < 1.29 is 13.2 Å². The summed E-state index contributed by atoms with van der Waals surface area (Å²) in [4.78, 5) is 12.8. The highest BCUT2D eigenvalue weighted by Crippen LogP contribution is 2.70. The molecule has 3 rings (SSSR count). The molecule has 1 amide bonds. The van der Waals surface area contributed by atoms with E-state index in [0.717, 1.165) is 25.7 Å². The average Bonchev–Trinajstić information content (AvgIpc) is 2.93. The van der Waals surface area contributed by atoms with Gasteiger partial charge in [-0.1, -0.05) is 32.9 Å². The van der Waals surface area contributed by atoms with Crippen molar-refractivity contribution in [3.8, 4) is 0 Å². The molecular weight excluding hydrogens is 310 g/mol. The number of carbonyl (C=O) groups excluding carboxylic acids is 1. The lowest BCUT2D eigenvalue weighted by molar-refractivity contribution is -0.129. The highest BCUT2D eigenvalue weighted by atomic mass is 32.2. The highest BCUT2D eigenvalue weighted by Gasteiger charge is 2.72. The number of nitrogens with zero attached hydrogens (tertiary/aromatic N) is 1. The SMILES string of the molecule is C/C=C/C(CC)CC(=O)N1[C@@H]2C[C@H]3CC[C@]2(CS1(=O)=O)C3(C)C. The molecule has 2 aliphatic carbocycles. The summed E-state index contributed by atoms with van der Waals surface area (Å²) in [6.07, 6.45) is 8.04. The van der Waals surface area contributed by atoms with E-state index in [1.165, 1.54) is 4.31 Å². The molecule has 0 N–H and O–H groups in total. The fourth-order valence-corrected chi connectivity index (χ4v) is 8.11. The van der Waals surface area contributed by atoms with Gasteiger partial charge in [0.05, 0.1) is 11.8 Å². The van der Waals surface area contributed by atoms with Crippen LogP contribution in [0.15, 0.2) is 12.2 Å². The van der Waals surface area contributed by atoms with E-state index in [4.69, 9.17) is 0 Å². The van der Waals surface area contributed by atoms with Crippen molar-refractivity contribution in [2.24, 2.45) is 22.7 Å². The third kappa shape index (κ3) is 2.22. The Labute approximate surface area is 140 Å². The van der Waals surface area contributed by atoms with E-state index in [-0.39, 0.29) is 34.4 Å². The number of amides is 1. The summed E-state index contributed by atoms with van der Waals surface area (Å²) >= 11 is 0. The van der Waals surface area contributed by atoms with Gasteiger partial charge in [0, 0.05) is 11.8 Å². The van der Waals surface area contributed by atoms with E-state index in [2.05, 4.69) is 13.8 Å². The summed E-state index contributed by atoms with van der Waals surface area (Å²) in [6.45, 7) is 8.40. The number of sulfonamides is 1. The molecule has 0 aromatic heterocycles. The van der Waals surface area contributed by atoms with Gasteiger partial charge in [-0.15, -0.1) is 0 Å². The number of carbonyl (C=O) groups is 1. The molecule has 5 heteroatoms. The van der Waals surface area contributed by atoms with Crippen molar-refractivity contribution in [1.29, 1.82) is 0 Å². The van der Waals surface area contributed by atoms with Crippen LogP contribution in [0.25, 0.3) is 0 Å². The zero-order valence-corrected chi connectivity index (χ0v) is 15.5. The van der Waals surface area contributed by atoms with Crippen LogP contribution in [0.1, 0.15) is 59.8 Å². The summed E-state index contributed by atoms with van der Waals surface area (Å²) in [5.41, 5.74) is -0.193. The zero-order chi connectivity index (χ0) is 17.0. The molecule has 1 spiro atoms. The minimum absolute atomic E-state index is 0.0211. The summed E-state index contributed by atoms with van der Waals surface area (Å²) in [5, 5.41) is 0. The van der Waals surface area contributed by atoms with Gasteiger partial charge in [0.2, 0.25) is 15.9 Å². The molecule has 1 heterocycles. The quantitative estimate of drug-likeness (QED) is 0.738. The molecule has 0 radical (unpaired) electrons. The van der Waals surface area contributed by atoms with E-state index < -0.39 is 10.0 Å². The molecule has 23 heavy (non-hydrogen) atoms. The number of hydrogen-bond acceptors (Lipinski definition) is 3. The molecule has 3 fully saturated rings. The second-order valence-electron chi connectivity index (χ2n) is 8.21. The first-order valence-electron chi connectivity index (χ1n) is 8.87. The Morgan fingerprint density at radius 3 is 2.65 bits per heavy atom. The lowest BCUT2D eigenvalue weighted by Crippen LogP contribution is -2.44. The Bertz CT molecular complexity index is 637. The van der Waals surface area contributed by atoms with Crippen LogP contribution in [0.2, 0.25) is 0 Å². The molecule has 0 aromatic carbocycles. The second kappa shape index (κ2) is 5.33. The van der Waals surface area contributed by atoms with Crippen LogP contribution in [-0.4, -0.2) is 30.4 Å². The minimum Gasteiger partial charge on any atom is -0.274 e. The Kier molecular flexibility index (Phi) is 3.94. The van der Waals surface area contributed by atoms with Crippen molar-refractivity contribution in [3.63, 3.8) is 0 Å². The smallest absolute Gasteiger partial charge is 0.238 e. The van der Waals surface area contributed by atoms with Gasteiger partial charge in [-0.3, -0.25) is 4.79 Å². The molecule has 130 valence electrons. The molecule has 1 saturated heterocycles. The number of fused-ring (bicyclic) bond motifs is 1. The van der Waals surface area contributed by atoms with Gasteiger partial charge >= 0.3 is 0 Å². The Morgan fingerprint density at radius 1 is 1.39 bits per heavy atom. The monoisotopic (exact) mass is 339 g/mol. The number of hydrogen-bond donors (Lipinski definition) is 0. The molecule has 4 atom stereocenters. The summed E-state index contributed by atoms with van der Waals surface area (Å²) in [6, 6.07) is -0.100. The Hall–Kier alpha value is -0.840. The zero-order valence-electron chi connectivity index (χ0n) is 14.7. The van der Waals surface area contributed by atoms with E-state index in [0.29, 0.717) is 12.3 Å². The van der Waals surface area contributed by atoms with Crippen molar-refractivity contribution in [2.45, 2.75) is 65.8 Å². The van der Waals surface area contributed by atoms with Gasteiger partial charge in [0.1, 0.15) is 0 Å². The van der Waals surface area contributed by atoms with Crippen molar-refractivity contribution in [3.05, 3.63) is 12.2 Å². The standard InChI is InChI=1S/C18H29NO3S/c1-5-7-13(6-2)10-16(20)19-15-11-14-8-9-18(15,17(14,3)4)12-23(19,21)22/h5,7,13-15H,6,8-12H2,1-4H3/b7-5+/t13?,14-,15-,18-/m1/s1. The van der Waals surface area contributed by atoms with E-state index >= 15 is 0 Å². The fraction of sp³-hybridized carbons (Fsp3) is 0.833. The van der Waals surface area contributed by atoms with Crippen LogP contribution in [0.5, 0.6) is 0 Å². The summed E-state index contributed by atoms with van der Waals surface area (Å²) in [7, 11) is -3.47. The maximum atomic E-state index is 12.8. The molecule has 4 nitrogen and oxygen atoms in total. The predicted molar refractivity (Wildman–Crippen MR) is 91.2 cm³/mol. The van der Waals surface area contributed by atoms with Crippen LogP contribution in [-0.2, 0) is 14.8 Å². The number of allylic oxidation sites excluding steroid dienone is 2. The van der Waals surface area contributed by atoms with Crippen LogP contribution < -0.4 is 0 Å². The lowest BCUT2D eigenvalue weighted by atomic mass is 9.69. The van der Waals surface area contributed by atoms with Gasteiger partial charge in [-0.05, 0) is 49.9 Å². The molecule has 3 aliphatic rings. The molecule has 2 bridgehead atoms. The Balaban J connectivity index is 1.90. The fourth-order valence-electron chi connectivity index (χ4n) is 5.55. The van der Waals surface area contributed by atoms with E-state index in [1.54, 1.807) is 0 Å². The van der Waals surface area contributed by atoms with Crippen molar-refractivity contribution in [1.82, 2.24) is 4.31 Å². The molecular formula is C18H29NO3S. The third-order valence-corrected chi connectivity index (χ3v) is 9.02. The van der Waals surface area contributed by atoms with E-state index in [1.807, 2.05) is 26.0 Å².